The number of hydrogen-bond donors (Lipinski definition) is 1. The lowest BCUT2D eigenvalue weighted by atomic mass is 9.96. The number of nitrogens with one attached hydrogen (secondary N) is 1. The molecule has 0 aliphatic heterocycles. The summed E-state index contributed by atoms with van der Waals surface area (Å²) in [4.78, 5) is 33.0. The SMILES string of the molecule is CCCc1nc(C)n(-c2ccc(OC(CC)CC)cc2)c(=O)c1Cc1ccc(-c2ccccc2-c2noc(=O)[nH]2)cc1.Cl. The molecule has 2 heterocycles. The number of nitrogens with zero attached hydrogens (tertiary/aromatic N) is 3. The van der Waals surface area contributed by atoms with Crippen molar-refractivity contribution >= 4 is 12.4 Å². The van der Waals surface area contributed by atoms with E-state index in [1.54, 1.807) is 4.57 Å². The molecule has 224 valence electrons. The lowest BCUT2D eigenvalue weighted by Gasteiger charge is -2.18. The molecule has 0 saturated carbocycles. The van der Waals surface area contributed by atoms with Crippen molar-refractivity contribution in [2.24, 2.45) is 0 Å². The first kappa shape index (κ1) is 31.5. The first-order valence-electron chi connectivity index (χ1n) is 14.5. The summed E-state index contributed by atoms with van der Waals surface area (Å²) in [6.07, 6.45) is 4.15. The van der Waals surface area contributed by atoms with Crippen LogP contribution >= 0.6 is 12.4 Å². The van der Waals surface area contributed by atoms with Gasteiger partial charge in [-0.1, -0.05) is 80.9 Å². The highest BCUT2D eigenvalue weighted by atomic mass is 35.5. The van der Waals surface area contributed by atoms with Gasteiger partial charge in [0.15, 0.2) is 5.82 Å². The predicted octanol–water partition coefficient (Wildman–Crippen LogP) is 7.08. The molecule has 8 nitrogen and oxygen atoms in total. The maximum absolute atomic E-state index is 14.0. The average molecular weight is 601 g/mol. The topological polar surface area (TPSA) is 103 Å². The van der Waals surface area contributed by atoms with Gasteiger partial charge in [-0.3, -0.25) is 18.9 Å². The van der Waals surface area contributed by atoms with E-state index in [0.717, 1.165) is 65.1 Å². The third kappa shape index (κ3) is 6.97. The zero-order chi connectivity index (χ0) is 29.6. The Hall–Kier alpha value is -4.43. The van der Waals surface area contributed by atoms with Crippen molar-refractivity contribution in [2.75, 3.05) is 0 Å². The minimum atomic E-state index is -0.596. The highest BCUT2D eigenvalue weighted by Gasteiger charge is 2.17. The van der Waals surface area contributed by atoms with Crippen molar-refractivity contribution < 1.29 is 9.26 Å². The standard InChI is InChI=1S/C34H36N4O4.ClH/c1-5-10-31-30(33(39)38(22(4)35-31)25-17-19-27(20-18-25)41-26(6-2)7-3)21-23-13-15-24(16-14-23)28-11-8-9-12-29(28)32-36-34(40)42-37-32;/h8-9,11-20,26H,5-7,10,21H2,1-4H3,(H,36,37,40);1H. The van der Waals surface area contributed by atoms with E-state index in [4.69, 9.17) is 14.2 Å². The summed E-state index contributed by atoms with van der Waals surface area (Å²) in [6.45, 7) is 8.21. The molecular weight excluding hydrogens is 564 g/mol. The molecule has 0 spiro atoms. The molecule has 0 radical (unpaired) electrons. The van der Waals surface area contributed by atoms with Gasteiger partial charge in [0.1, 0.15) is 11.6 Å². The molecule has 1 N–H and O–H groups in total. The van der Waals surface area contributed by atoms with E-state index in [2.05, 4.69) is 30.9 Å². The number of rotatable bonds is 11. The van der Waals surface area contributed by atoms with Crippen LogP contribution in [0.1, 0.15) is 62.7 Å². The Balaban J connectivity index is 0.00000423. The molecule has 0 saturated heterocycles. The normalized spacial score (nSPS) is 11.0. The van der Waals surface area contributed by atoms with Crippen molar-refractivity contribution in [2.45, 2.75) is 65.9 Å². The third-order valence-corrected chi connectivity index (χ3v) is 7.49. The quantitative estimate of drug-likeness (QED) is 0.174. The smallest absolute Gasteiger partial charge is 0.439 e. The number of H-pyrrole nitrogens is 1. The molecule has 9 heteroatoms. The van der Waals surface area contributed by atoms with E-state index >= 15 is 0 Å². The van der Waals surface area contributed by atoms with Crippen LogP contribution in [0.4, 0.5) is 0 Å². The third-order valence-electron chi connectivity index (χ3n) is 7.49. The summed E-state index contributed by atoms with van der Waals surface area (Å²) in [5, 5.41) is 3.85. The summed E-state index contributed by atoms with van der Waals surface area (Å²) in [6, 6.07) is 23.5. The van der Waals surface area contributed by atoms with Crippen molar-refractivity contribution in [1.29, 1.82) is 0 Å². The molecule has 5 aromatic rings. The highest BCUT2D eigenvalue weighted by molar-refractivity contribution is 5.85. The van der Waals surface area contributed by atoms with Gasteiger partial charge in [0, 0.05) is 17.5 Å². The Bertz CT molecular complexity index is 1770. The number of aromatic nitrogens is 4. The Morgan fingerprint density at radius 3 is 2.19 bits per heavy atom. The number of aryl methyl sites for hydroxylation is 2. The maximum atomic E-state index is 14.0. The molecular formula is C34H37ClN4O4. The minimum absolute atomic E-state index is 0. The van der Waals surface area contributed by atoms with E-state index < -0.39 is 5.76 Å². The minimum Gasteiger partial charge on any atom is -0.490 e. The summed E-state index contributed by atoms with van der Waals surface area (Å²) in [5.74, 6) is 1.25. The second-order valence-electron chi connectivity index (χ2n) is 10.4. The van der Waals surface area contributed by atoms with Crippen molar-refractivity contribution in [1.82, 2.24) is 19.7 Å². The van der Waals surface area contributed by atoms with E-state index in [0.29, 0.717) is 23.6 Å². The van der Waals surface area contributed by atoms with Crippen LogP contribution in [0, 0.1) is 6.92 Å². The number of benzene rings is 3. The van der Waals surface area contributed by atoms with Crippen LogP contribution in [-0.2, 0) is 12.8 Å². The van der Waals surface area contributed by atoms with Gasteiger partial charge in [-0.2, -0.15) is 0 Å². The van der Waals surface area contributed by atoms with Crippen LogP contribution in [0.2, 0.25) is 0 Å². The number of halogens is 1. The van der Waals surface area contributed by atoms with Crippen LogP contribution in [-0.4, -0.2) is 25.8 Å². The van der Waals surface area contributed by atoms with Gasteiger partial charge in [-0.05, 0) is 67.1 Å². The Morgan fingerprint density at radius 2 is 1.58 bits per heavy atom. The fraction of sp³-hybridized carbons (Fsp3) is 0.294. The summed E-state index contributed by atoms with van der Waals surface area (Å²) in [5.41, 5.74) is 5.91. The highest BCUT2D eigenvalue weighted by Crippen LogP contribution is 2.30. The molecule has 0 fully saturated rings. The zero-order valence-corrected chi connectivity index (χ0v) is 25.7. The van der Waals surface area contributed by atoms with Gasteiger partial charge in [0.2, 0.25) is 0 Å². The van der Waals surface area contributed by atoms with Crippen molar-refractivity contribution in [3.05, 3.63) is 116 Å². The van der Waals surface area contributed by atoms with Crippen molar-refractivity contribution in [3.8, 4) is 34.0 Å². The van der Waals surface area contributed by atoms with E-state index in [1.165, 1.54) is 0 Å². The van der Waals surface area contributed by atoms with Crippen LogP contribution < -0.4 is 16.1 Å². The van der Waals surface area contributed by atoms with E-state index in [1.807, 2.05) is 79.7 Å². The van der Waals surface area contributed by atoms with Gasteiger partial charge in [0.05, 0.1) is 17.5 Å². The van der Waals surface area contributed by atoms with Gasteiger partial charge in [0.25, 0.3) is 5.56 Å². The molecule has 43 heavy (non-hydrogen) atoms. The molecule has 0 aliphatic carbocycles. The summed E-state index contributed by atoms with van der Waals surface area (Å²) >= 11 is 0. The Morgan fingerprint density at radius 1 is 0.907 bits per heavy atom. The monoisotopic (exact) mass is 600 g/mol. The zero-order valence-electron chi connectivity index (χ0n) is 24.9. The second-order valence-corrected chi connectivity index (χ2v) is 10.4. The Kier molecular flexibility index (Phi) is 10.4. The van der Waals surface area contributed by atoms with Crippen molar-refractivity contribution in [3.63, 3.8) is 0 Å². The number of ether oxygens (including phenoxy) is 1. The van der Waals surface area contributed by atoms with Gasteiger partial charge in [-0.15, -0.1) is 12.4 Å². The van der Waals surface area contributed by atoms with Crippen LogP contribution in [0.5, 0.6) is 5.75 Å². The number of hydrogen-bond acceptors (Lipinski definition) is 6. The van der Waals surface area contributed by atoms with Crippen LogP contribution in [0.25, 0.3) is 28.2 Å². The van der Waals surface area contributed by atoms with Gasteiger partial charge >= 0.3 is 5.76 Å². The largest absolute Gasteiger partial charge is 0.490 e. The lowest BCUT2D eigenvalue weighted by Crippen LogP contribution is -2.28. The summed E-state index contributed by atoms with van der Waals surface area (Å²) < 4.78 is 12.5. The van der Waals surface area contributed by atoms with E-state index in [-0.39, 0.29) is 24.1 Å². The fourth-order valence-corrected chi connectivity index (χ4v) is 5.26. The van der Waals surface area contributed by atoms with E-state index in [9.17, 15) is 9.59 Å². The Labute approximate surface area is 257 Å². The number of aromatic amines is 1. The van der Waals surface area contributed by atoms with Crippen LogP contribution in [0.15, 0.2) is 86.9 Å². The first-order chi connectivity index (χ1) is 20.4. The molecule has 5 rings (SSSR count). The van der Waals surface area contributed by atoms with Gasteiger partial charge in [-0.25, -0.2) is 9.78 Å². The summed E-state index contributed by atoms with van der Waals surface area (Å²) in [7, 11) is 0. The fourth-order valence-electron chi connectivity index (χ4n) is 5.26. The molecule has 0 atom stereocenters. The first-order valence-corrected chi connectivity index (χ1v) is 14.5. The van der Waals surface area contributed by atoms with Crippen LogP contribution in [0.3, 0.4) is 0 Å². The molecule has 0 amide bonds. The molecule has 3 aromatic carbocycles. The lowest BCUT2D eigenvalue weighted by molar-refractivity contribution is 0.193. The molecule has 2 aromatic heterocycles. The van der Waals surface area contributed by atoms with Gasteiger partial charge < -0.3 is 4.74 Å². The molecule has 0 aliphatic rings. The average Bonchev–Trinajstić information content (AvgIpc) is 3.45. The second kappa shape index (κ2) is 14.2. The molecule has 0 unspecified atom stereocenters. The maximum Gasteiger partial charge on any atom is 0.439 e. The predicted molar refractivity (Wildman–Crippen MR) is 172 cm³/mol. The molecule has 0 bridgehead atoms.